The molecule has 4 saturated carbocycles. The molecule has 0 atom stereocenters. The number of benzene rings is 2. The molecule has 11 heteroatoms. The van der Waals surface area contributed by atoms with Gasteiger partial charge in [0, 0.05) is 18.7 Å². The third-order valence-electron chi connectivity index (χ3n) is 9.65. The molecule has 0 unspecified atom stereocenters. The van der Waals surface area contributed by atoms with Crippen molar-refractivity contribution in [2.24, 2.45) is 23.2 Å². The van der Waals surface area contributed by atoms with Crippen molar-refractivity contribution in [2.75, 3.05) is 18.4 Å². The number of nitrogens with one attached hydrogen (secondary N) is 1. The van der Waals surface area contributed by atoms with Gasteiger partial charge in [0.1, 0.15) is 23.6 Å². The number of ether oxygens (including phenoxy) is 1. The summed E-state index contributed by atoms with van der Waals surface area (Å²) in [5.74, 6) is 4.00. The van der Waals surface area contributed by atoms with E-state index in [1.165, 1.54) is 85.6 Å². The van der Waals surface area contributed by atoms with E-state index in [0.29, 0.717) is 24.1 Å². The van der Waals surface area contributed by atoms with Crippen LogP contribution in [0, 0.1) is 23.2 Å². The van der Waals surface area contributed by atoms with Crippen LogP contribution in [0.3, 0.4) is 0 Å². The normalized spacial score (nSPS) is 27.1. The Hall–Kier alpha value is -3.18. The monoisotopic (exact) mass is 598 g/mol. The van der Waals surface area contributed by atoms with Crippen LogP contribution in [0.15, 0.2) is 59.8 Å². The van der Waals surface area contributed by atoms with Crippen LogP contribution in [-0.4, -0.2) is 35.8 Å². The number of aromatic nitrogens is 2. The van der Waals surface area contributed by atoms with Crippen molar-refractivity contribution in [1.82, 2.24) is 14.3 Å². The maximum absolute atomic E-state index is 13.5. The second kappa shape index (κ2) is 10.2. The van der Waals surface area contributed by atoms with Crippen molar-refractivity contribution in [3.05, 3.63) is 71.7 Å². The number of halogens is 3. The van der Waals surface area contributed by atoms with Gasteiger partial charge in [-0.3, -0.25) is 0 Å². The molecule has 5 aliphatic rings. The molecule has 4 fully saturated rings. The quantitative estimate of drug-likeness (QED) is 0.327. The fraction of sp³-hybridized carbons (Fsp3) is 0.484. The molecule has 2 aromatic carbocycles. The van der Waals surface area contributed by atoms with Crippen molar-refractivity contribution < 1.29 is 26.3 Å². The van der Waals surface area contributed by atoms with E-state index in [1.54, 1.807) is 0 Å². The Morgan fingerprint density at radius 2 is 1.50 bits per heavy atom. The number of alkyl halides is 3. The average molecular weight is 599 g/mol. The second-order valence-corrected chi connectivity index (χ2v) is 14.5. The lowest BCUT2D eigenvalue weighted by atomic mass is 9.49. The van der Waals surface area contributed by atoms with Crippen LogP contribution in [0.2, 0.25) is 0 Å². The Morgan fingerprint density at radius 1 is 0.905 bits per heavy atom. The first-order valence-corrected chi connectivity index (χ1v) is 16.0. The lowest BCUT2D eigenvalue weighted by Gasteiger charge is -2.57. The van der Waals surface area contributed by atoms with E-state index < -0.39 is 21.8 Å². The number of fused-ring (bicyclic) bond motifs is 1. The third kappa shape index (κ3) is 5.25. The summed E-state index contributed by atoms with van der Waals surface area (Å²) in [4.78, 5) is 9.11. The van der Waals surface area contributed by atoms with Crippen LogP contribution in [0.25, 0.3) is 0 Å². The first-order valence-electron chi connectivity index (χ1n) is 14.6. The topological polar surface area (TPSA) is 84.4 Å². The predicted octanol–water partition coefficient (Wildman–Crippen LogP) is 6.66. The van der Waals surface area contributed by atoms with Crippen molar-refractivity contribution in [3.8, 4) is 11.5 Å². The minimum atomic E-state index is -4.43. The fourth-order valence-corrected chi connectivity index (χ4v) is 9.54. The van der Waals surface area contributed by atoms with E-state index in [1.807, 2.05) is 0 Å². The van der Waals surface area contributed by atoms with Gasteiger partial charge in [0.05, 0.1) is 22.7 Å². The Kier molecular flexibility index (Phi) is 6.73. The molecule has 4 bridgehead atoms. The first kappa shape index (κ1) is 27.6. The van der Waals surface area contributed by atoms with Gasteiger partial charge in [-0.25, -0.2) is 18.4 Å². The van der Waals surface area contributed by atoms with Gasteiger partial charge in [0.15, 0.2) is 0 Å². The standard InChI is InChI=1S/C31H33F3N4O3S/c32-31(33,34)23-1-3-24(4-2-23)41-25-5-7-26(8-6-25)42(39,40)38-10-9-27-28(17-38)36-19-37-29(27)35-18-30-14-20-11-21(15-30)13-22(12-20)16-30/h1-8,19-22H,9-18H2,(H,35,36,37). The Bertz CT molecular complexity index is 1540. The van der Waals surface area contributed by atoms with E-state index in [9.17, 15) is 21.6 Å². The number of hydrogen-bond acceptors (Lipinski definition) is 6. The zero-order valence-corrected chi connectivity index (χ0v) is 23.9. The minimum absolute atomic E-state index is 0.111. The highest BCUT2D eigenvalue weighted by Crippen LogP contribution is 2.60. The van der Waals surface area contributed by atoms with Crippen LogP contribution in [-0.2, 0) is 29.2 Å². The second-order valence-electron chi connectivity index (χ2n) is 12.6. The van der Waals surface area contributed by atoms with Gasteiger partial charge in [-0.05, 0) is 117 Å². The Morgan fingerprint density at radius 3 is 2.10 bits per heavy atom. The van der Waals surface area contributed by atoms with Crippen LogP contribution in [0.4, 0.5) is 19.0 Å². The summed E-state index contributed by atoms with van der Waals surface area (Å²) in [6.45, 7) is 1.40. The highest BCUT2D eigenvalue weighted by molar-refractivity contribution is 7.89. The Balaban J connectivity index is 1.01. The van der Waals surface area contributed by atoms with Crippen molar-refractivity contribution >= 4 is 15.8 Å². The highest BCUT2D eigenvalue weighted by atomic mass is 32.2. The number of rotatable bonds is 7. The molecule has 0 radical (unpaired) electrons. The summed E-state index contributed by atoms with van der Waals surface area (Å²) in [7, 11) is -3.80. The van der Waals surface area contributed by atoms with Crippen molar-refractivity contribution in [3.63, 3.8) is 0 Å². The molecule has 1 N–H and O–H groups in total. The van der Waals surface area contributed by atoms with E-state index in [2.05, 4.69) is 15.3 Å². The third-order valence-corrected chi connectivity index (χ3v) is 11.5. The van der Waals surface area contributed by atoms with E-state index in [-0.39, 0.29) is 17.2 Å². The van der Waals surface area contributed by atoms with Gasteiger partial charge in [-0.1, -0.05) is 0 Å². The summed E-state index contributed by atoms with van der Waals surface area (Å²) >= 11 is 0. The van der Waals surface area contributed by atoms with Crippen molar-refractivity contribution in [2.45, 2.75) is 62.6 Å². The van der Waals surface area contributed by atoms with Crippen molar-refractivity contribution in [1.29, 1.82) is 0 Å². The summed E-state index contributed by atoms with van der Waals surface area (Å²) in [6, 6.07) is 10.2. The number of hydrogen-bond donors (Lipinski definition) is 1. The number of sulfonamides is 1. The highest BCUT2D eigenvalue weighted by Gasteiger charge is 2.50. The predicted molar refractivity (Wildman–Crippen MR) is 150 cm³/mol. The first-order chi connectivity index (χ1) is 20.1. The number of anilines is 1. The van der Waals surface area contributed by atoms with Crippen LogP contribution >= 0.6 is 0 Å². The molecule has 42 heavy (non-hydrogen) atoms. The van der Waals surface area contributed by atoms with Crippen LogP contribution in [0.5, 0.6) is 11.5 Å². The molecule has 8 rings (SSSR count). The summed E-state index contributed by atoms with van der Waals surface area (Å²) in [5.41, 5.74) is 1.30. The van der Waals surface area contributed by atoms with Gasteiger partial charge in [-0.2, -0.15) is 17.5 Å². The lowest BCUT2D eigenvalue weighted by molar-refractivity contribution is -0.137. The molecule has 2 heterocycles. The summed E-state index contributed by atoms with van der Waals surface area (Å²) in [6.07, 6.45) is 5.74. The van der Waals surface area contributed by atoms with Gasteiger partial charge in [-0.15, -0.1) is 0 Å². The largest absolute Gasteiger partial charge is 0.457 e. The van der Waals surface area contributed by atoms with E-state index in [4.69, 9.17) is 4.74 Å². The maximum Gasteiger partial charge on any atom is 0.416 e. The molecule has 1 aliphatic heterocycles. The minimum Gasteiger partial charge on any atom is -0.457 e. The lowest BCUT2D eigenvalue weighted by Crippen LogP contribution is -2.49. The summed E-state index contributed by atoms with van der Waals surface area (Å²) in [5, 5.41) is 3.66. The molecular weight excluding hydrogens is 565 g/mol. The molecule has 7 nitrogen and oxygen atoms in total. The fourth-order valence-electron chi connectivity index (χ4n) is 8.14. The SMILES string of the molecule is O=S(=O)(c1ccc(Oc2ccc(C(F)(F)F)cc2)cc1)N1CCc2c(ncnc2NCC23CC4CC(CC(C4)C2)C3)C1. The van der Waals surface area contributed by atoms with Crippen LogP contribution in [0.1, 0.15) is 55.3 Å². The summed E-state index contributed by atoms with van der Waals surface area (Å²) < 4.78 is 72.4. The molecule has 4 aliphatic carbocycles. The molecule has 1 aromatic heterocycles. The smallest absolute Gasteiger partial charge is 0.416 e. The Labute approximate surface area is 243 Å². The zero-order valence-electron chi connectivity index (χ0n) is 23.1. The molecular formula is C31H33F3N4O3S. The van der Waals surface area contributed by atoms with E-state index >= 15 is 0 Å². The van der Waals surface area contributed by atoms with Gasteiger partial charge >= 0.3 is 6.18 Å². The van der Waals surface area contributed by atoms with Gasteiger partial charge < -0.3 is 10.1 Å². The molecule has 0 amide bonds. The maximum atomic E-state index is 13.5. The van der Waals surface area contributed by atoms with Gasteiger partial charge in [0.25, 0.3) is 0 Å². The molecule has 3 aromatic rings. The average Bonchev–Trinajstić information content (AvgIpc) is 2.95. The zero-order chi connectivity index (χ0) is 29.1. The van der Waals surface area contributed by atoms with Gasteiger partial charge in [0.2, 0.25) is 10.0 Å². The molecule has 0 spiro atoms. The molecule has 0 saturated heterocycles. The van der Waals surface area contributed by atoms with E-state index in [0.717, 1.165) is 53.5 Å². The number of nitrogens with zero attached hydrogens (tertiary/aromatic N) is 3. The molecule has 222 valence electrons. The van der Waals surface area contributed by atoms with Crippen LogP contribution < -0.4 is 10.1 Å².